The molecule has 1 aromatic carbocycles. The smallest absolute Gasteiger partial charge is 0.164 e. The Bertz CT molecular complexity index is 784. The zero-order chi connectivity index (χ0) is 18.1. The van der Waals surface area contributed by atoms with E-state index in [1.54, 1.807) is 12.4 Å². The lowest BCUT2D eigenvalue weighted by atomic mass is 9.71. The molecule has 1 aromatic heterocycles. The lowest BCUT2D eigenvalue weighted by molar-refractivity contribution is 0.0878. The maximum atomic E-state index is 13.2. The van der Waals surface area contributed by atoms with Crippen LogP contribution in [0.2, 0.25) is 0 Å². The van der Waals surface area contributed by atoms with Gasteiger partial charge >= 0.3 is 0 Å². The van der Waals surface area contributed by atoms with E-state index in [1.165, 1.54) is 31.2 Å². The van der Waals surface area contributed by atoms with E-state index in [-0.39, 0.29) is 17.2 Å². The molecule has 2 aliphatic heterocycles. The number of halogens is 1. The van der Waals surface area contributed by atoms with E-state index in [1.807, 2.05) is 6.07 Å². The van der Waals surface area contributed by atoms with Crippen molar-refractivity contribution in [2.45, 2.75) is 56.5 Å². The number of fused-ring (bicyclic) bond motifs is 2. The Hall–Kier alpha value is -1.52. The molecule has 4 heteroatoms. The van der Waals surface area contributed by atoms with Crippen molar-refractivity contribution in [3.05, 3.63) is 64.4 Å². The Balaban J connectivity index is 1.71. The molecule has 0 spiro atoms. The lowest BCUT2D eigenvalue weighted by Gasteiger charge is -2.42. The molecular formula is C22H25BrN2O. The first kappa shape index (κ1) is 17.9. The third kappa shape index (κ3) is 2.93. The monoisotopic (exact) mass is 412 g/mol. The SMILES string of the molecule is CCN1C2CCC1(C(CC(=O)c1ccncc1Br)c1ccccc1)CC2. The van der Waals surface area contributed by atoms with Gasteiger partial charge in [-0.15, -0.1) is 0 Å². The summed E-state index contributed by atoms with van der Waals surface area (Å²) in [6.07, 6.45) is 8.91. The van der Waals surface area contributed by atoms with E-state index in [2.05, 4.69) is 63.1 Å². The van der Waals surface area contributed by atoms with Crippen LogP contribution in [0.15, 0.2) is 53.3 Å². The fourth-order valence-electron chi connectivity index (χ4n) is 5.39. The zero-order valence-corrected chi connectivity index (χ0v) is 16.8. The number of likely N-dealkylation sites (N-methyl/N-ethyl adjacent to an activating group) is 1. The van der Waals surface area contributed by atoms with Crippen molar-refractivity contribution in [2.75, 3.05) is 6.54 Å². The second-order valence-corrected chi connectivity index (χ2v) is 8.42. The Kier molecular flexibility index (Phi) is 4.98. The highest BCUT2D eigenvalue weighted by molar-refractivity contribution is 9.10. The molecule has 2 fully saturated rings. The third-order valence-corrected chi connectivity index (χ3v) is 7.12. The highest BCUT2D eigenvalue weighted by atomic mass is 79.9. The highest BCUT2D eigenvalue weighted by Gasteiger charge is 2.55. The topological polar surface area (TPSA) is 33.2 Å². The van der Waals surface area contributed by atoms with E-state index in [4.69, 9.17) is 0 Å². The van der Waals surface area contributed by atoms with Crippen LogP contribution in [0.25, 0.3) is 0 Å². The molecule has 0 aliphatic carbocycles. The van der Waals surface area contributed by atoms with Crippen LogP contribution in [0.1, 0.15) is 60.9 Å². The third-order valence-electron chi connectivity index (χ3n) is 6.49. The first-order chi connectivity index (χ1) is 12.7. The van der Waals surface area contributed by atoms with Crippen LogP contribution >= 0.6 is 15.9 Å². The maximum Gasteiger partial charge on any atom is 0.164 e. The molecule has 3 nitrogen and oxygen atoms in total. The van der Waals surface area contributed by atoms with Gasteiger partial charge in [-0.1, -0.05) is 37.3 Å². The summed E-state index contributed by atoms with van der Waals surface area (Å²) >= 11 is 3.50. The normalized spacial score (nSPS) is 26.2. The lowest BCUT2D eigenvalue weighted by Crippen LogP contribution is -2.46. The van der Waals surface area contributed by atoms with Crippen molar-refractivity contribution in [1.29, 1.82) is 0 Å². The molecule has 1 unspecified atom stereocenters. The van der Waals surface area contributed by atoms with E-state index < -0.39 is 0 Å². The second-order valence-electron chi connectivity index (χ2n) is 7.57. The summed E-state index contributed by atoms with van der Waals surface area (Å²) in [6, 6.07) is 13.2. The first-order valence-corrected chi connectivity index (χ1v) is 10.4. The predicted octanol–water partition coefficient (Wildman–Crippen LogP) is 5.22. The van der Waals surface area contributed by atoms with Crippen molar-refractivity contribution < 1.29 is 4.79 Å². The van der Waals surface area contributed by atoms with Crippen LogP contribution in [-0.2, 0) is 0 Å². The van der Waals surface area contributed by atoms with Crippen molar-refractivity contribution in [3.8, 4) is 0 Å². The molecule has 26 heavy (non-hydrogen) atoms. The molecule has 2 saturated heterocycles. The number of hydrogen-bond acceptors (Lipinski definition) is 3. The van der Waals surface area contributed by atoms with Gasteiger partial charge in [0, 0.05) is 46.3 Å². The summed E-state index contributed by atoms with van der Waals surface area (Å²) in [5.41, 5.74) is 2.18. The van der Waals surface area contributed by atoms with Crippen molar-refractivity contribution in [1.82, 2.24) is 9.88 Å². The Morgan fingerprint density at radius 1 is 1.27 bits per heavy atom. The van der Waals surface area contributed by atoms with Gasteiger partial charge in [0.15, 0.2) is 5.78 Å². The molecule has 3 heterocycles. The highest BCUT2D eigenvalue weighted by Crippen LogP contribution is 2.54. The van der Waals surface area contributed by atoms with Crippen LogP contribution in [0.3, 0.4) is 0 Å². The maximum absolute atomic E-state index is 13.2. The molecule has 0 radical (unpaired) electrons. The summed E-state index contributed by atoms with van der Waals surface area (Å²) in [5, 5.41) is 0. The number of aromatic nitrogens is 1. The summed E-state index contributed by atoms with van der Waals surface area (Å²) in [6.45, 7) is 3.34. The zero-order valence-electron chi connectivity index (χ0n) is 15.2. The predicted molar refractivity (Wildman–Crippen MR) is 107 cm³/mol. The number of carbonyl (C=O) groups is 1. The molecular weight excluding hydrogens is 388 g/mol. The van der Waals surface area contributed by atoms with E-state index in [0.717, 1.165) is 16.6 Å². The summed E-state index contributed by atoms with van der Waals surface area (Å²) in [7, 11) is 0. The van der Waals surface area contributed by atoms with Crippen molar-refractivity contribution >= 4 is 21.7 Å². The molecule has 1 atom stereocenters. The first-order valence-electron chi connectivity index (χ1n) is 9.60. The number of carbonyl (C=O) groups excluding carboxylic acids is 1. The Labute approximate surface area is 163 Å². The summed E-state index contributed by atoms with van der Waals surface area (Å²) in [5.74, 6) is 0.442. The van der Waals surface area contributed by atoms with E-state index in [9.17, 15) is 4.79 Å². The number of benzene rings is 1. The van der Waals surface area contributed by atoms with Gasteiger partial charge < -0.3 is 0 Å². The minimum Gasteiger partial charge on any atom is -0.294 e. The number of hydrogen-bond donors (Lipinski definition) is 0. The fraction of sp³-hybridized carbons (Fsp3) is 0.455. The van der Waals surface area contributed by atoms with Crippen LogP contribution in [0.5, 0.6) is 0 Å². The molecule has 0 N–H and O–H groups in total. The average Bonchev–Trinajstić information content (AvgIpc) is 3.22. The van der Waals surface area contributed by atoms with Gasteiger partial charge in [-0.05, 0) is 59.8 Å². The van der Waals surface area contributed by atoms with E-state index in [0.29, 0.717) is 12.5 Å². The molecule has 136 valence electrons. The number of ketones is 1. The van der Waals surface area contributed by atoms with Crippen LogP contribution in [0.4, 0.5) is 0 Å². The summed E-state index contributed by atoms with van der Waals surface area (Å²) < 4.78 is 0.789. The second kappa shape index (κ2) is 7.24. The molecule has 2 bridgehead atoms. The van der Waals surface area contributed by atoms with Gasteiger partial charge in [0.2, 0.25) is 0 Å². The van der Waals surface area contributed by atoms with Crippen LogP contribution in [-0.4, -0.2) is 33.8 Å². The van der Waals surface area contributed by atoms with Crippen molar-refractivity contribution in [3.63, 3.8) is 0 Å². The van der Waals surface area contributed by atoms with E-state index >= 15 is 0 Å². The fourth-order valence-corrected chi connectivity index (χ4v) is 5.86. The minimum atomic E-state index is 0.135. The number of nitrogens with zero attached hydrogens (tertiary/aromatic N) is 2. The quantitative estimate of drug-likeness (QED) is 0.609. The standard InChI is InChI=1S/C22H25BrN2O/c1-2-25-17-8-11-22(25,12-9-17)19(16-6-4-3-5-7-16)14-21(26)18-10-13-24-15-20(18)23/h3-7,10,13,15,17,19H,2,8-9,11-12,14H2,1H3. The molecule has 0 saturated carbocycles. The molecule has 0 amide bonds. The van der Waals surface area contributed by atoms with Gasteiger partial charge in [0.25, 0.3) is 0 Å². The summed E-state index contributed by atoms with van der Waals surface area (Å²) in [4.78, 5) is 20.0. The molecule has 4 rings (SSSR count). The molecule has 2 aromatic rings. The largest absolute Gasteiger partial charge is 0.294 e. The van der Waals surface area contributed by atoms with Gasteiger partial charge in [0.05, 0.1) is 0 Å². The average molecular weight is 413 g/mol. The van der Waals surface area contributed by atoms with Gasteiger partial charge in [-0.25, -0.2) is 0 Å². The van der Waals surface area contributed by atoms with Crippen molar-refractivity contribution in [2.24, 2.45) is 0 Å². The van der Waals surface area contributed by atoms with Crippen LogP contribution in [0, 0.1) is 0 Å². The van der Waals surface area contributed by atoms with Gasteiger partial charge in [-0.3, -0.25) is 14.7 Å². The number of pyridine rings is 1. The van der Waals surface area contributed by atoms with Crippen LogP contribution < -0.4 is 0 Å². The minimum absolute atomic E-state index is 0.135. The van der Waals surface area contributed by atoms with Gasteiger partial charge in [0.1, 0.15) is 0 Å². The Morgan fingerprint density at radius 3 is 2.65 bits per heavy atom. The number of Topliss-reactive ketones (excluding diaryl/α,β-unsaturated/α-hetero) is 1. The number of rotatable bonds is 6. The van der Waals surface area contributed by atoms with Gasteiger partial charge in [-0.2, -0.15) is 0 Å². The molecule has 2 aliphatic rings. The Morgan fingerprint density at radius 2 is 2.00 bits per heavy atom.